The summed E-state index contributed by atoms with van der Waals surface area (Å²) in [5, 5.41) is 2.99. The van der Waals surface area contributed by atoms with Gasteiger partial charge < -0.3 is 5.32 Å². The van der Waals surface area contributed by atoms with Gasteiger partial charge in [-0.2, -0.15) is 0 Å². The lowest BCUT2D eigenvalue weighted by molar-refractivity contribution is -0.121. The molecule has 1 N–H and O–H groups in total. The van der Waals surface area contributed by atoms with Crippen LogP contribution < -0.4 is 5.32 Å². The number of benzene rings is 2. The van der Waals surface area contributed by atoms with Crippen LogP contribution in [0, 0.1) is 6.92 Å². The third-order valence-electron chi connectivity index (χ3n) is 4.66. The van der Waals surface area contributed by atoms with E-state index in [1.807, 2.05) is 38.1 Å². The van der Waals surface area contributed by atoms with E-state index in [4.69, 9.17) is 0 Å². The Morgan fingerprint density at radius 1 is 1.00 bits per heavy atom. The van der Waals surface area contributed by atoms with Crippen molar-refractivity contribution >= 4 is 17.7 Å². The third kappa shape index (κ3) is 3.52. The fourth-order valence-corrected chi connectivity index (χ4v) is 3.14. The number of rotatable bonds is 6. The summed E-state index contributed by atoms with van der Waals surface area (Å²) in [4.78, 5) is 38.1. The zero-order chi connectivity index (χ0) is 18.7. The van der Waals surface area contributed by atoms with Crippen molar-refractivity contribution in [2.45, 2.75) is 32.7 Å². The molecule has 1 unspecified atom stereocenters. The highest BCUT2D eigenvalue weighted by atomic mass is 16.2. The predicted molar refractivity (Wildman–Crippen MR) is 98.8 cm³/mol. The maximum atomic E-state index is 12.3. The molecule has 2 aromatic carbocycles. The molecule has 134 valence electrons. The van der Waals surface area contributed by atoms with E-state index in [0.29, 0.717) is 11.1 Å². The first-order valence-electron chi connectivity index (χ1n) is 8.82. The maximum Gasteiger partial charge on any atom is 0.261 e. The van der Waals surface area contributed by atoms with Crippen LogP contribution in [0.25, 0.3) is 0 Å². The molecule has 0 aromatic heterocycles. The molecule has 5 nitrogen and oxygen atoms in total. The quantitative estimate of drug-likeness (QED) is 0.813. The van der Waals surface area contributed by atoms with Crippen molar-refractivity contribution in [3.63, 3.8) is 0 Å². The number of aryl methyl sites for hydroxylation is 1. The molecule has 0 saturated carbocycles. The zero-order valence-corrected chi connectivity index (χ0v) is 15.0. The molecule has 5 heteroatoms. The van der Waals surface area contributed by atoms with Gasteiger partial charge in [-0.25, -0.2) is 0 Å². The second-order valence-corrected chi connectivity index (χ2v) is 6.50. The van der Waals surface area contributed by atoms with Gasteiger partial charge in [-0.3, -0.25) is 19.3 Å². The SMILES string of the molecule is CCC(NC(=O)CCN1C(=O)c2ccccc2C1=O)c1ccc(C)cc1. The topological polar surface area (TPSA) is 66.5 Å². The summed E-state index contributed by atoms with van der Waals surface area (Å²) in [5.74, 6) is -0.832. The molecule has 2 aromatic rings. The summed E-state index contributed by atoms with van der Waals surface area (Å²) in [7, 11) is 0. The number of fused-ring (bicyclic) bond motifs is 1. The fourth-order valence-electron chi connectivity index (χ4n) is 3.14. The highest BCUT2D eigenvalue weighted by Gasteiger charge is 2.35. The molecule has 0 saturated heterocycles. The molecule has 3 rings (SSSR count). The van der Waals surface area contributed by atoms with Crippen molar-refractivity contribution in [2.24, 2.45) is 0 Å². The Morgan fingerprint density at radius 3 is 2.12 bits per heavy atom. The minimum atomic E-state index is -0.330. The minimum absolute atomic E-state index is 0.0784. The third-order valence-corrected chi connectivity index (χ3v) is 4.66. The number of nitrogens with zero attached hydrogens (tertiary/aromatic N) is 1. The van der Waals surface area contributed by atoms with Crippen LogP contribution in [0.15, 0.2) is 48.5 Å². The van der Waals surface area contributed by atoms with Crippen LogP contribution in [0.1, 0.15) is 57.7 Å². The highest BCUT2D eigenvalue weighted by Crippen LogP contribution is 2.22. The molecule has 0 spiro atoms. The smallest absolute Gasteiger partial charge is 0.261 e. The highest BCUT2D eigenvalue weighted by molar-refractivity contribution is 6.21. The van der Waals surface area contributed by atoms with Gasteiger partial charge in [0, 0.05) is 13.0 Å². The van der Waals surface area contributed by atoms with Gasteiger partial charge in [0.2, 0.25) is 5.91 Å². The van der Waals surface area contributed by atoms with Crippen molar-refractivity contribution < 1.29 is 14.4 Å². The second kappa shape index (κ2) is 7.52. The number of hydrogen-bond acceptors (Lipinski definition) is 3. The molecule has 0 bridgehead atoms. The Kier molecular flexibility index (Phi) is 5.16. The number of imide groups is 1. The molecule has 0 radical (unpaired) electrons. The van der Waals surface area contributed by atoms with E-state index in [9.17, 15) is 14.4 Å². The Bertz CT molecular complexity index is 808. The Balaban J connectivity index is 1.60. The first-order chi connectivity index (χ1) is 12.5. The van der Waals surface area contributed by atoms with Gasteiger partial charge in [-0.1, -0.05) is 48.9 Å². The van der Waals surface area contributed by atoms with E-state index in [1.165, 1.54) is 5.56 Å². The van der Waals surface area contributed by atoms with E-state index in [0.717, 1.165) is 16.9 Å². The number of amides is 3. The Morgan fingerprint density at radius 2 is 1.58 bits per heavy atom. The first kappa shape index (κ1) is 17.9. The van der Waals surface area contributed by atoms with Gasteiger partial charge >= 0.3 is 0 Å². The van der Waals surface area contributed by atoms with Crippen LogP contribution in [0.4, 0.5) is 0 Å². The molecule has 1 aliphatic heterocycles. The van der Waals surface area contributed by atoms with Gasteiger partial charge in [-0.05, 0) is 31.0 Å². The van der Waals surface area contributed by atoms with Gasteiger partial charge in [0.05, 0.1) is 17.2 Å². The molecular weight excluding hydrogens is 328 g/mol. The van der Waals surface area contributed by atoms with Crippen molar-refractivity contribution in [1.82, 2.24) is 10.2 Å². The van der Waals surface area contributed by atoms with E-state index in [1.54, 1.807) is 24.3 Å². The summed E-state index contributed by atoms with van der Waals surface area (Å²) in [5.41, 5.74) is 3.03. The van der Waals surface area contributed by atoms with Crippen LogP contribution in [0.5, 0.6) is 0 Å². The van der Waals surface area contributed by atoms with Crippen LogP contribution in [0.2, 0.25) is 0 Å². The van der Waals surface area contributed by atoms with Crippen LogP contribution in [-0.4, -0.2) is 29.2 Å². The van der Waals surface area contributed by atoms with Crippen molar-refractivity contribution in [3.05, 3.63) is 70.8 Å². The largest absolute Gasteiger partial charge is 0.349 e. The lowest BCUT2D eigenvalue weighted by Crippen LogP contribution is -2.35. The maximum absolute atomic E-state index is 12.3. The molecule has 1 atom stereocenters. The van der Waals surface area contributed by atoms with Crippen molar-refractivity contribution in [1.29, 1.82) is 0 Å². The van der Waals surface area contributed by atoms with E-state index >= 15 is 0 Å². The Hall–Kier alpha value is -2.95. The van der Waals surface area contributed by atoms with Crippen LogP contribution in [0.3, 0.4) is 0 Å². The number of carbonyl (C=O) groups is 3. The van der Waals surface area contributed by atoms with Gasteiger partial charge in [-0.15, -0.1) is 0 Å². The summed E-state index contributed by atoms with van der Waals surface area (Å²) < 4.78 is 0. The van der Waals surface area contributed by atoms with Gasteiger partial charge in [0.1, 0.15) is 0 Å². The van der Waals surface area contributed by atoms with Crippen molar-refractivity contribution in [3.8, 4) is 0 Å². The summed E-state index contributed by atoms with van der Waals surface area (Å²) in [6.07, 6.45) is 0.857. The van der Waals surface area contributed by atoms with Gasteiger partial charge in [0.15, 0.2) is 0 Å². The van der Waals surface area contributed by atoms with Crippen molar-refractivity contribution in [2.75, 3.05) is 6.54 Å². The van der Waals surface area contributed by atoms with Crippen LogP contribution >= 0.6 is 0 Å². The van der Waals surface area contributed by atoms with E-state index in [-0.39, 0.29) is 36.7 Å². The monoisotopic (exact) mass is 350 g/mol. The number of nitrogens with one attached hydrogen (secondary N) is 1. The lowest BCUT2D eigenvalue weighted by Gasteiger charge is -2.19. The average Bonchev–Trinajstić information content (AvgIpc) is 2.90. The van der Waals surface area contributed by atoms with E-state index in [2.05, 4.69) is 5.32 Å². The Labute approximate surface area is 153 Å². The molecular formula is C21H22N2O3. The predicted octanol–water partition coefficient (Wildman–Crippen LogP) is 3.25. The average molecular weight is 350 g/mol. The normalized spacial score (nSPS) is 14.3. The second-order valence-electron chi connectivity index (χ2n) is 6.50. The molecule has 26 heavy (non-hydrogen) atoms. The number of carbonyl (C=O) groups excluding carboxylic acids is 3. The summed E-state index contributed by atoms with van der Waals surface area (Å²) >= 11 is 0. The fraction of sp³-hybridized carbons (Fsp3) is 0.286. The number of hydrogen-bond donors (Lipinski definition) is 1. The van der Waals surface area contributed by atoms with Crippen LogP contribution in [-0.2, 0) is 4.79 Å². The van der Waals surface area contributed by atoms with Gasteiger partial charge in [0.25, 0.3) is 11.8 Å². The lowest BCUT2D eigenvalue weighted by atomic mass is 10.0. The molecule has 0 aliphatic carbocycles. The summed E-state index contributed by atoms with van der Waals surface area (Å²) in [6.45, 7) is 4.11. The van der Waals surface area contributed by atoms with E-state index < -0.39 is 0 Å². The standard InChI is InChI=1S/C21H22N2O3/c1-3-18(15-10-8-14(2)9-11-15)22-19(24)12-13-23-20(25)16-6-4-5-7-17(16)21(23)26/h4-11,18H,3,12-13H2,1-2H3,(H,22,24). The zero-order valence-electron chi connectivity index (χ0n) is 15.0. The minimum Gasteiger partial charge on any atom is -0.349 e. The molecule has 0 fully saturated rings. The summed E-state index contributed by atoms with van der Waals surface area (Å²) in [6, 6.07) is 14.7. The molecule has 1 aliphatic rings. The first-order valence-corrected chi connectivity index (χ1v) is 8.82. The molecule has 3 amide bonds. The molecule has 1 heterocycles.